The highest BCUT2D eigenvalue weighted by Crippen LogP contribution is 2.64. The maximum absolute atomic E-state index is 11.9. The molecule has 146 valence electrons. The van der Waals surface area contributed by atoms with Gasteiger partial charge >= 0.3 is 0 Å². The van der Waals surface area contributed by atoms with Gasteiger partial charge in [-0.3, -0.25) is 9.35 Å². The van der Waals surface area contributed by atoms with Crippen molar-refractivity contribution in [3.05, 3.63) is 29.8 Å². The number of hydrogen-bond donors (Lipinski definition) is 4. The van der Waals surface area contributed by atoms with Crippen molar-refractivity contribution in [2.45, 2.75) is 39.2 Å². The molecule has 3 rings (SSSR count). The van der Waals surface area contributed by atoms with Crippen LogP contribution in [0.15, 0.2) is 24.3 Å². The lowest BCUT2D eigenvalue weighted by atomic mass is 9.70. The van der Waals surface area contributed by atoms with Gasteiger partial charge < -0.3 is 15.9 Å². The first-order chi connectivity index (χ1) is 11.9. The standard InChI is InChI=1S/C10H16O4S.C8H11NO2/c1-9(2)7-3-4-10(9,8(11)5-7)6-15(12,13)14;9-5-8(11)6-1-3-7(10)4-2-6/h7H,3-6H2,1-2H3,(H,12,13,14);1-4,8,10-11H,5,9H2/t7-,10-;8-/m01/s1. The van der Waals surface area contributed by atoms with E-state index in [-0.39, 0.29) is 29.4 Å². The van der Waals surface area contributed by atoms with Gasteiger partial charge in [-0.15, -0.1) is 0 Å². The van der Waals surface area contributed by atoms with Crippen molar-refractivity contribution < 1.29 is 28.0 Å². The van der Waals surface area contributed by atoms with Crippen molar-refractivity contribution in [1.29, 1.82) is 0 Å². The molecule has 2 saturated carbocycles. The van der Waals surface area contributed by atoms with Crippen LogP contribution in [0.25, 0.3) is 0 Å². The molecule has 0 saturated heterocycles. The van der Waals surface area contributed by atoms with E-state index in [4.69, 9.17) is 15.4 Å². The highest BCUT2D eigenvalue weighted by molar-refractivity contribution is 7.85. The zero-order chi connectivity index (χ0) is 19.8. The fraction of sp³-hybridized carbons (Fsp3) is 0.611. The van der Waals surface area contributed by atoms with E-state index in [2.05, 4.69) is 0 Å². The Kier molecular flexibility index (Phi) is 5.82. The predicted octanol–water partition coefficient (Wildman–Crippen LogP) is 1.65. The third-order valence-corrected chi connectivity index (χ3v) is 6.93. The number of hydrogen-bond acceptors (Lipinski definition) is 6. The van der Waals surface area contributed by atoms with Crippen molar-refractivity contribution in [3.63, 3.8) is 0 Å². The Balaban J connectivity index is 0.000000197. The molecule has 26 heavy (non-hydrogen) atoms. The van der Waals surface area contributed by atoms with E-state index in [0.29, 0.717) is 12.8 Å². The van der Waals surface area contributed by atoms with Crippen LogP contribution >= 0.6 is 0 Å². The third-order valence-electron chi connectivity index (χ3n) is 6.07. The molecule has 0 unspecified atom stereocenters. The maximum atomic E-state index is 11.9. The molecule has 0 aromatic heterocycles. The van der Waals surface area contributed by atoms with E-state index in [1.165, 1.54) is 12.1 Å². The maximum Gasteiger partial charge on any atom is 0.265 e. The predicted molar refractivity (Wildman–Crippen MR) is 97.1 cm³/mol. The van der Waals surface area contributed by atoms with Crippen LogP contribution < -0.4 is 5.73 Å². The summed E-state index contributed by atoms with van der Waals surface area (Å²) < 4.78 is 31.0. The Morgan fingerprint density at radius 2 is 1.85 bits per heavy atom. The van der Waals surface area contributed by atoms with Crippen molar-refractivity contribution in [2.24, 2.45) is 22.5 Å². The van der Waals surface area contributed by atoms with E-state index in [1.807, 2.05) is 13.8 Å². The molecule has 2 fully saturated rings. The number of nitrogens with two attached hydrogens (primary N) is 1. The second-order valence-electron chi connectivity index (χ2n) is 7.74. The summed E-state index contributed by atoms with van der Waals surface area (Å²) >= 11 is 0. The van der Waals surface area contributed by atoms with Crippen LogP contribution in [0, 0.1) is 16.7 Å². The quantitative estimate of drug-likeness (QED) is 0.578. The molecule has 2 aliphatic carbocycles. The van der Waals surface area contributed by atoms with E-state index >= 15 is 0 Å². The number of fused-ring (bicyclic) bond motifs is 2. The fourth-order valence-electron chi connectivity index (χ4n) is 4.25. The van der Waals surface area contributed by atoms with Gasteiger partial charge in [-0.2, -0.15) is 8.42 Å². The van der Waals surface area contributed by atoms with Crippen LogP contribution in [0.5, 0.6) is 5.75 Å². The average Bonchev–Trinajstić information content (AvgIpc) is 2.88. The minimum absolute atomic E-state index is 0.0152. The molecule has 7 nitrogen and oxygen atoms in total. The van der Waals surface area contributed by atoms with Gasteiger partial charge in [0.05, 0.1) is 17.3 Å². The highest BCUT2D eigenvalue weighted by Gasteiger charge is 2.65. The summed E-state index contributed by atoms with van der Waals surface area (Å²) in [7, 11) is -4.08. The van der Waals surface area contributed by atoms with E-state index < -0.39 is 27.4 Å². The zero-order valence-electron chi connectivity index (χ0n) is 15.1. The summed E-state index contributed by atoms with van der Waals surface area (Å²) in [5.74, 6) is 0.0913. The Labute approximate surface area is 154 Å². The average molecular weight is 385 g/mol. The molecule has 5 N–H and O–H groups in total. The lowest BCUT2D eigenvalue weighted by molar-refractivity contribution is -0.128. The summed E-state index contributed by atoms with van der Waals surface area (Å²) in [5.41, 5.74) is 4.84. The largest absolute Gasteiger partial charge is 0.508 e. The number of carbonyl (C=O) groups excluding carboxylic acids is 1. The second-order valence-corrected chi connectivity index (χ2v) is 9.19. The number of aliphatic hydroxyl groups is 1. The lowest BCUT2D eigenvalue weighted by Crippen LogP contribution is -2.42. The Morgan fingerprint density at radius 1 is 1.27 bits per heavy atom. The normalized spacial score (nSPS) is 27.7. The van der Waals surface area contributed by atoms with Crippen LogP contribution in [0.2, 0.25) is 0 Å². The number of phenolic OH excluding ortho intramolecular Hbond substituents is 1. The van der Waals surface area contributed by atoms with Crippen LogP contribution in [0.3, 0.4) is 0 Å². The van der Waals surface area contributed by atoms with Gasteiger partial charge in [-0.25, -0.2) is 0 Å². The Hall–Kier alpha value is -1.48. The molecule has 2 aliphatic rings. The van der Waals surface area contributed by atoms with Crippen molar-refractivity contribution >= 4 is 15.9 Å². The first kappa shape index (κ1) is 20.8. The van der Waals surface area contributed by atoms with Gasteiger partial charge in [0.15, 0.2) is 0 Å². The number of aromatic hydroxyl groups is 1. The number of Topliss-reactive ketones (excluding diaryl/α,β-unsaturated/α-hetero) is 1. The molecule has 8 heteroatoms. The number of benzene rings is 1. The van der Waals surface area contributed by atoms with Crippen LogP contribution in [-0.4, -0.2) is 41.3 Å². The van der Waals surface area contributed by atoms with Crippen LogP contribution in [0.4, 0.5) is 0 Å². The Bertz CT molecular complexity index is 758. The molecule has 0 amide bonds. The Morgan fingerprint density at radius 3 is 2.23 bits per heavy atom. The van der Waals surface area contributed by atoms with Gasteiger partial charge in [0.25, 0.3) is 10.1 Å². The molecule has 1 aromatic rings. The van der Waals surface area contributed by atoms with Gasteiger partial charge in [-0.05, 0) is 41.9 Å². The molecule has 0 heterocycles. The van der Waals surface area contributed by atoms with Crippen molar-refractivity contribution in [3.8, 4) is 5.75 Å². The third kappa shape index (κ3) is 3.93. The van der Waals surface area contributed by atoms with Crippen LogP contribution in [0.1, 0.15) is 44.8 Å². The molecule has 0 aliphatic heterocycles. The van der Waals surface area contributed by atoms with Gasteiger partial charge in [-0.1, -0.05) is 26.0 Å². The number of carbonyl (C=O) groups is 1. The first-order valence-electron chi connectivity index (χ1n) is 8.58. The molecular formula is C18H27NO6S. The topological polar surface area (TPSA) is 138 Å². The summed E-state index contributed by atoms with van der Waals surface area (Å²) in [6.45, 7) is 4.09. The smallest absolute Gasteiger partial charge is 0.265 e. The van der Waals surface area contributed by atoms with E-state index in [0.717, 1.165) is 12.0 Å². The minimum atomic E-state index is -4.08. The monoisotopic (exact) mass is 385 g/mol. The molecule has 0 spiro atoms. The number of rotatable bonds is 4. The summed E-state index contributed by atoms with van der Waals surface area (Å²) in [6, 6.07) is 6.34. The van der Waals surface area contributed by atoms with Crippen molar-refractivity contribution in [2.75, 3.05) is 12.3 Å². The molecule has 2 bridgehead atoms. The number of aliphatic hydroxyl groups excluding tert-OH is 1. The fourth-order valence-corrected chi connectivity index (χ4v) is 5.55. The summed E-state index contributed by atoms with van der Waals surface area (Å²) in [5, 5.41) is 18.1. The number of ketones is 1. The van der Waals surface area contributed by atoms with E-state index in [1.54, 1.807) is 12.1 Å². The highest BCUT2D eigenvalue weighted by atomic mass is 32.2. The first-order valence-corrected chi connectivity index (χ1v) is 10.2. The SMILES string of the molecule is CC1(C)[C@H]2CC[C@]1(CS(=O)(=O)O)C(=O)C2.NC[C@@H](O)c1ccc(O)cc1. The lowest BCUT2D eigenvalue weighted by Gasteiger charge is -2.35. The molecule has 3 atom stereocenters. The van der Waals surface area contributed by atoms with Gasteiger partial charge in [0, 0.05) is 13.0 Å². The van der Waals surface area contributed by atoms with Gasteiger partial charge in [0.2, 0.25) is 0 Å². The van der Waals surface area contributed by atoms with Crippen LogP contribution in [-0.2, 0) is 14.9 Å². The summed E-state index contributed by atoms with van der Waals surface area (Å²) in [6.07, 6.45) is 1.34. The molecule has 0 radical (unpaired) electrons. The minimum Gasteiger partial charge on any atom is -0.508 e. The zero-order valence-corrected chi connectivity index (χ0v) is 15.9. The van der Waals surface area contributed by atoms with Crippen molar-refractivity contribution in [1.82, 2.24) is 0 Å². The molecule has 1 aromatic carbocycles. The number of phenols is 1. The second kappa shape index (κ2) is 7.26. The van der Waals surface area contributed by atoms with Gasteiger partial charge in [0.1, 0.15) is 11.5 Å². The van der Waals surface area contributed by atoms with E-state index in [9.17, 15) is 18.3 Å². The molecular weight excluding hydrogens is 358 g/mol. The summed E-state index contributed by atoms with van der Waals surface area (Å²) in [4.78, 5) is 11.9.